The second-order valence-electron chi connectivity index (χ2n) is 8.20. The van der Waals surface area contributed by atoms with E-state index in [1.165, 1.54) is 13.0 Å². The summed E-state index contributed by atoms with van der Waals surface area (Å²) in [7, 11) is 0. The van der Waals surface area contributed by atoms with Gasteiger partial charge < -0.3 is 19.2 Å². The summed E-state index contributed by atoms with van der Waals surface area (Å²) in [6, 6.07) is 13.4. The van der Waals surface area contributed by atoms with E-state index < -0.39 is 29.3 Å². The molecule has 3 aromatic rings. The number of rotatable bonds is 4. The smallest absolute Gasteiger partial charge is 0.408 e. The molecular formula is C24H25NO6. The topological polar surface area (TPSA) is 94.8 Å². The first kappa shape index (κ1) is 22.1. The van der Waals surface area contributed by atoms with Gasteiger partial charge in [0.1, 0.15) is 23.0 Å². The molecule has 31 heavy (non-hydrogen) atoms. The summed E-state index contributed by atoms with van der Waals surface area (Å²) in [4.78, 5) is 36.5. The number of nitrogens with one attached hydrogen (secondary N) is 1. The van der Waals surface area contributed by atoms with Crippen molar-refractivity contribution in [2.75, 3.05) is 0 Å². The SMILES string of the molecule is Cc1c(OC(=O)C(C)NC(=O)OC(C)(C)C)ccc2c(-c3ccccc3)cc(=O)oc12. The maximum absolute atomic E-state index is 12.5. The van der Waals surface area contributed by atoms with Crippen LogP contribution in [0.25, 0.3) is 22.1 Å². The van der Waals surface area contributed by atoms with E-state index in [2.05, 4.69) is 5.32 Å². The Hall–Kier alpha value is -3.61. The molecule has 1 N–H and O–H groups in total. The average Bonchev–Trinajstić information content (AvgIpc) is 2.69. The Bertz CT molecular complexity index is 1170. The average molecular weight is 423 g/mol. The molecule has 1 unspecified atom stereocenters. The number of carbonyl (C=O) groups excluding carboxylic acids is 2. The van der Waals surface area contributed by atoms with Crippen LogP contribution in [0.4, 0.5) is 4.79 Å². The third kappa shape index (κ3) is 5.31. The van der Waals surface area contributed by atoms with Crippen LogP contribution in [0.2, 0.25) is 0 Å². The van der Waals surface area contributed by atoms with Crippen molar-refractivity contribution in [1.29, 1.82) is 0 Å². The van der Waals surface area contributed by atoms with Crippen LogP contribution in [0.1, 0.15) is 33.3 Å². The van der Waals surface area contributed by atoms with Crippen molar-refractivity contribution >= 4 is 23.0 Å². The molecule has 0 bridgehead atoms. The number of carbonyl (C=O) groups is 2. The number of amides is 1. The Balaban J connectivity index is 1.87. The summed E-state index contributed by atoms with van der Waals surface area (Å²) in [5.74, 6) is -0.432. The van der Waals surface area contributed by atoms with Crippen molar-refractivity contribution in [3.05, 3.63) is 64.5 Å². The molecule has 0 aliphatic heterocycles. The zero-order valence-corrected chi connectivity index (χ0v) is 18.1. The standard InChI is InChI=1S/C24H25NO6/c1-14-19(29-22(27)15(2)25-23(28)31-24(3,4)5)12-11-17-18(13-20(26)30-21(14)17)16-9-7-6-8-10-16/h6-13,15H,1-5H3,(H,25,28). The van der Waals surface area contributed by atoms with E-state index in [0.717, 1.165) is 16.5 Å². The van der Waals surface area contributed by atoms with Crippen LogP contribution < -0.4 is 15.7 Å². The van der Waals surface area contributed by atoms with Gasteiger partial charge in [0.05, 0.1) is 0 Å². The molecule has 0 aliphatic carbocycles. The zero-order chi connectivity index (χ0) is 22.8. The molecule has 7 heteroatoms. The van der Waals surface area contributed by atoms with Gasteiger partial charge in [0.15, 0.2) is 0 Å². The van der Waals surface area contributed by atoms with Crippen molar-refractivity contribution in [3.8, 4) is 16.9 Å². The van der Waals surface area contributed by atoms with Gasteiger partial charge in [-0.3, -0.25) is 0 Å². The van der Waals surface area contributed by atoms with E-state index in [1.54, 1.807) is 39.8 Å². The highest BCUT2D eigenvalue weighted by molar-refractivity contribution is 5.96. The van der Waals surface area contributed by atoms with Gasteiger partial charge in [0.2, 0.25) is 0 Å². The fourth-order valence-corrected chi connectivity index (χ4v) is 3.05. The number of aryl methyl sites for hydroxylation is 1. The van der Waals surface area contributed by atoms with Gasteiger partial charge in [-0.1, -0.05) is 30.3 Å². The van der Waals surface area contributed by atoms with Gasteiger partial charge in [0, 0.05) is 17.0 Å². The summed E-state index contributed by atoms with van der Waals surface area (Å²) in [5, 5.41) is 3.17. The van der Waals surface area contributed by atoms with Gasteiger partial charge in [-0.05, 0) is 57.9 Å². The van der Waals surface area contributed by atoms with Gasteiger partial charge >= 0.3 is 17.7 Å². The monoisotopic (exact) mass is 423 g/mol. The number of esters is 1. The molecule has 3 rings (SSSR count). The minimum atomic E-state index is -0.937. The summed E-state index contributed by atoms with van der Waals surface area (Å²) in [5.41, 5.74) is 1.26. The van der Waals surface area contributed by atoms with Crippen LogP contribution in [0.3, 0.4) is 0 Å². The van der Waals surface area contributed by atoms with Crippen molar-refractivity contribution in [2.24, 2.45) is 0 Å². The Morgan fingerprint density at radius 2 is 1.74 bits per heavy atom. The number of alkyl carbamates (subject to hydrolysis) is 1. The molecule has 0 saturated carbocycles. The first-order chi connectivity index (χ1) is 14.5. The number of hydrogen-bond acceptors (Lipinski definition) is 6. The molecule has 0 saturated heterocycles. The number of ether oxygens (including phenoxy) is 2. The molecule has 1 aromatic heterocycles. The Kier molecular flexibility index (Phi) is 6.15. The quantitative estimate of drug-likeness (QED) is 0.375. The van der Waals surface area contributed by atoms with Gasteiger partial charge in [-0.2, -0.15) is 0 Å². The number of benzene rings is 2. The molecule has 1 atom stereocenters. The molecule has 0 fully saturated rings. The summed E-state index contributed by atoms with van der Waals surface area (Å²) < 4.78 is 16.0. The van der Waals surface area contributed by atoms with Crippen LogP contribution in [-0.4, -0.2) is 23.7 Å². The molecule has 0 aliphatic rings. The van der Waals surface area contributed by atoms with Crippen molar-refractivity contribution < 1.29 is 23.5 Å². The highest BCUT2D eigenvalue weighted by Crippen LogP contribution is 2.33. The van der Waals surface area contributed by atoms with Crippen LogP contribution in [0, 0.1) is 6.92 Å². The maximum atomic E-state index is 12.5. The second-order valence-corrected chi connectivity index (χ2v) is 8.20. The molecule has 0 radical (unpaired) electrons. The number of fused-ring (bicyclic) bond motifs is 1. The van der Waals surface area contributed by atoms with E-state index >= 15 is 0 Å². The second kappa shape index (κ2) is 8.63. The first-order valence-corrected chi connectivity index (χ1v) is 9.89. The van der Waals surface area contributed by atoms with Crippen molar-refractivity contribution in [1.82, 2.24) is 5.32 Å². The summed E-state index contributed by atoms with van der Waals surface area (Å²) in [6.45, 7) is 8.38. The molecule has 1 amide bonds. The van der Waals surface area contributed by atoms with E-state index in [-0.39, 0.29) is 5.75 Å². The normalized spacial score (nSPS) is 12.3. The molecule has 1 heterocycles. The van der Waals surface area contributed by atoms with E-state index in [9.17, 15) is 14.4 Å². The fourth-order valence-electron chi connectivity index (χ4n) is 3.05. The lowest BCUT2D eigenvalue weighted by molar-refractivity contribution is -0.136. The molecular weight excluding hydrogens is 398 g/mol. The maximum Gasteiger partial charge on any atom is 0.408 e. The molecule has 7 nitrogen and oxygen atoms in total. The van der Waals surface area contributed by atoms with E-state index in [1.807, 2.05) is 30.3 Å². The molecule has 162 valence electrons. The Labute approximate surface area is 180 Å². The summed E-state index contributed by atoms with van der Waals surface area (Å²) >= 11 is 0. The van der Waals surface area contributed by atoms with E-state index in [0.29, 0.717) is 11.1 Å². The van der Waals surface area contributed by atoms with Crippen LogP contribution in [0.5, 0.6) is 5.75 Å². The van der Waals surface area contributed by atoms with Gasteiger partial charge in [-0.25, -0.2) is 14.4 Å². The van der Waals surface area contributed by atoms with Crippen molar-refractivity contribution in [3.63, 3.8) is 0 Å². The fraction of sp³-hybridized carbons (Fsp3) is 0.292. The Morgan fingerprint density at radius 1 is 1.06 bits per heavy atom. The highest BCUT2D eigenvalue weighted by atomic mass is 16.6. The highest BCUT2D eigenvalue weighted by Gasteiger charge is 2.23. The summed E-state index contributed by atoms with van der Waals surface area (Å²) in [6.07, 6.45) is -0.717. The first-order valence-electron chi connectivity index (χ1n) is 9.89. The minimum absolute atomic E-state index is 0.240. The lowest BCUT2D eigenvalue weighted by Crippen LogP contribution is -2.43. The lowest BCUT2D eigenvalue weighted by Gasteiger charge is -2.21. The lowest BCUT2D eigenvalue weighted by atomic mass is 10.0. The predicted molar refractivity (Wildman–Crippen MR) is 117 cm³/mol. The third-order valence-electron chi connectivity index (χ3n) is 4.49. The number of hydrogen-bond donors (Lipinski definition) is 1. The van der Waals surface area contributed by atoms with E-state index in [4.69, 9.17) is 13.9 Å². The largest absolute Gasteiger partial charge is 0.444 e. The predicted octanol–water partition coefficient (Wildman–Crippen LogP) is 4.59. The third-order valence-corrected chi connectivity index (χ3v) is 4.49. The van der Waals surface area contributed by atoms with Gasteiger partial charge in [0.25, 0.3) is 0 Å². The van der Waals surface area contributed by atoms with Crippen LogP contribution >= 0.6 is 0 Å². The molecule has 0 spiro atoms. The zero-order valence-electron chi connectivity index (χ0n) is 18.1. The van der Waals surface area contributed by atoms with Crippen molar-refractivity contribution in [2.45, 2.75) is 46.3 Å². The van der Waals surface area contributed by atoms with Crippen LogP contribution in [0.15, 0.2) is 57.7 Å². The minimum Gasteiger partial charge on any atom is -0.444 e. The Morgan fingerprint density at radius 3 is 2.39 bits per heavy atom. The van der Waals surface area contributed by atoms with Gasteiger partial charge in [-0.15, -0.1) is 0 Å². The molecule has 2 aromatic carbocycles. The van der Waals surface area contributed by atoms with Crippen LogP contribution in [-0.2, 0) is 9.53 Å².